The Bertz CT molecular complexity index is 1160. The van der Waals surface area contributed by atoms with Crippen LogP contribution in [0.25, 0.3) is 10.9 Å². The Hall–Kier alpha value is -3.12. The maximum Gasteiger partial charge on any atom is 0.254 e. The first-order valence-corrected chi connectivity index (χ1v) is 12.6. The van der Waals surface area contributed by atoms with Crippen LogP contribution in [0.1, 0.15) is 65.5 Å². The molecule has 1 fully saturated rings. The van der Waals surface area contributed by atoms with E-state index in [0.29, 0.717) is 12.1 Å². The van der Waals surface area contributed by atoms with Gasteiger partial charge in [0.15, 0.2) is 0 Å². The summed E-state index contributed by atoms with van der Waals surface area (Å²) in [4.78, 5) is 34.5. The summed E-state index contributed by atoms with van der Waals surface area (Å²) < 4.78 is 0. The summed E-state index contributed by atoms with van der Waals surface area (Å²) in [5.41, 5.74) is 3.41. The van der Waals surface area contributed by atoms with Crippen molar-refractivity contribution in [2.45, 2.75) is 44.1 Å². The van der Waals surface area contributed by atoms with E-state index < -0.39 is 5.92 Å². The highest BCUT2D eigenvalue weighted by Gasteiger charge is 2.43. The van der Waals surface area contributed by atoms with Crippen LogP contribution in [-0.4, -0.2) is 59.8 Å². The highest BCUT2D eigenvalue weighted by Crippen LogP contribution is 2.44. The van der Waals surface area contributed by atoms with Gasteiger partial charge in [0.2, 0.25) is 5.91 Å². The first-order chi connectivity index (χ1) is 16.6. The molecule has 3 heterocycles. The van der Waals surface area contributed by atoms with Gasteiger partial charge in [-0.1, -0.05) is 49.2 Å². The number of nitrogens with zero attached hydrogens (tertiary/aromatic N) is 2. The Kier molecular flexibility index (Phi) is 6.68. The molecule has 6 heteroatoms. The second-order valence-electron chi connectivity index (χ2n) is 9.62. The van der Waals surface area contributed by atoms with Gasteiger partial charge in [0.1, 0.15) is 0 Å². The van der Waals surface area contributed by atoms with Gasteiger partial charge in [0.05, 0.1) is 12.0 Å². The van der Waals surface area contributed by atoms with Crippen molar-refractivity contribution >= 4 is 22.7 Å². The van der Waals surface area contributed by atoms with Crippen LogP contribution < -0.4 is 5.32 Å². The fourth-order valence-electron chi connectivity index (χ4n) is 5.67. The number of likely N-dealkylation sites (N-methyl/N-ethyl adjacent to an activating group) is 1. The lowest BCUT2D eigenvalue weighted by Crippen LogP contribution is -2.46. The monoisotopic (exact) mass is 458 g/mol. The zero-order valence-corrected chi connectivity index (χ0v) is 19.9. The molecule has 1 aromatic heterocycles. The number of carbonyl (C=O) groups excluding carboxylic acids is 2. The quantitative estimate of drug-likeness (QED) is 0.536. The van der Waals surface area contributed by atoms with Crippen LogP contribution in [-0.2, 0) is 4.79 Å². The van der Waals surface area contributed by atoms with Crippen molar-refractivity contribution in [3.63, 3.8) is 0 Å². The summed E-state index contributed by atoms with van der Waals surface area (Å²) in [7, 11) is 1.81. The third-order valence-electron chi connectivity index (χ3n) is 7.45. The lowest BCUT2D eigenvalue weighted by atomic mass is 9.79. The van der Waals surface area contributed by atoms with E-state index in [0.717, 1.165) is 35.0 Å². The van der Waals surface area contributed by atoms with E-state index in [1.807, 2.05) is 55.7 Å². The third-order valence-corrected chi connectivity index (χ3v) is 7.45. The van der Waals surface area contributed by atoms with Crippen molar-refractivity contribution in [1.82, 2.24) is 20.1 Å². The van der Waals surface area contributed by atoms with Gasteiger partial charge in [-0.2, -0.15) is 0 Å². The number of amides is 2. The minimum atomic E-state index is -0.462. The number of H-pyrrole nitrogens is 1. The van der Waals surface area contributed by atoms with Crippen molar-refractivity contribution in [1.29, 1.82) is 0 Å². The smallest absolute Gasteiger partial charge is 0.254 e. The van der Waals surface area contributed by atoms with Gasteiger partial charge >= 0.3 is 0 Å². The van der Waals surface area contributed by atoms with Crippen molar-refractivity contribution in [3.8, 4) is 0 Å². The first-order valence-electron chi connectivity index (χ1n) is 12.6. The van der Waals surface area contributed by atoms with Crippen LogP contribution in [0.4, 0.5) is 0 Å². The summed E-state index contributed by atoms with van der Waals surface area (Å²) in [6.07, 6.45) is 8.10. The molecule has 2 N–H and O–H groups in total. The van der Waals surface area contributed by atoms with E-state index in [1.54, 1.807) is 4.90 Å². The largest absolute Gasteiger partial charge is 0.361 e. The molecule has 0 radical (unpaired) electrons. The lowest BCUT2D eigenvalue weighted by Gasteiger charge is -2.39. The van der Waals surface area contributed by atoms with Gasteiger partial charge in [0.25, 0.3) is 5.91 Å². The van der Waals surface area contributed by atoms with Crippen molar-refractivity contribution < 1.29 is 9.59 Å². The molecule has 1 saturated heterocycles. The van der Waals surface area contributed by atoms with Crippen LogP contribution in [0.15, 0.2) is 54.7 Å². The number of aromatic nitrogens is 1. The number of carbonyl (C=O) groups is 2. The number of likely N-dealkylation sites (tertiary alicyclic amines) is 1. The maximum atomic E-state index is 13.7. The molecule has 2 aromatic carbocycles. The number of nitrogens with one attached hydrogen (secondary N) is 2. The predicted octanol–water partition coefficient (Wildman–Crippen LogP) is 4.46. The SMILES string of the molecule is CN1C(=O)c2ccccc2C(C(=O)NCCCN2CCCCCC2)C1c1c[nH]c2ccccc12. The first kappa shape index (κ1) is 22.7. The molecule has 2 amide bonds. The van der Waals surface area contributed by atoms with Crippen molar-refractivity contribution in [3.05, 3.63) is 71.4 Å². The topological polar surface area (TPSA) is 68.4 Å². The van der Waals surface area contributed by atoms with Crippen LogP contribution in [0.2, 0.25) is 0 Å². The number of rotatable bonds is 6. The van der Waals surface area contributed by atoms with Gasteiger partial charge in [-0.25, -0.2) is 0 Å². The van der Waals surface area contributed by atoms with E-state index in [9.17, 15) is 9.59 Å². The Morgan fingerprint density at radius 1 is 1.00 bits per heavy atom. The molecule has 2 unspecified atom stereocenters. The average molecular weight is 459 g/mol. The number of benzene rings is 2. The highest BCUT2D eigenvalue weighted by molar-refractivity contribution is 6.02. The predicted molar refractivity (Wildman–Crippen MR) is 135 cm³/mol. The van der Waals surface area contributed by atoms with Crippen molar-refractivity contribution in [2.24, 2.45) is 0 Å². The molecule has 0 saturated carbocycles. The standard InChI is InChI=1S/C28H34N4O2/c1-31-26(23-19-30-24-14-7-6-11-20(23)24)25(21-12-4-5-13-22(21)28(31)34)27(33)29-15-10-18-32-16-8-2-3-9-17-32/h4-7,11-14,19,25-26,30H,2-3,8-10,15-18H2,1H3,(H,29,33). The van der Waals surface area contributed by atoms with Gasteiger partial charge in [0, 0.05) is 41.8 Å². The second-order valence-corrected chi connectivity index (χ2v) is 9.62. The average Bonchev–Trinajstić information content (AvgIpc) is 3.11. The van der Waals surface area contributed by atoms with Gasteiger partial charge in [-0.05, 0) is 56.6 Å². The molecule has 2 aliphatic rings. The molecule has 0 bridgehead atoms. The van der Waals surface area contributed by atoms with Crippen LogP contribution in [0.3, 0.4) is 0 Å². The van der Waals surface area contributed by atoms with E-state index >= 15 is 0 Å². The summed E-state index contributed by atoms with van der Waals surface area (Å²) in [6, 6.07) is 15.2. The van der Waals surface area contributed by atoms with E-state index in [1.165, 1.54) is 38.8 Å². The fourth-order valence-corrected chi connectivity index (χ4v) is 5.67. The van der Waals surface area contributed by atoms with Gasteiger partial charge in [-0.3, -0.25) is 9.59 Å². The summed E-state index contributed by atoms with van der Waals surface area (Å²) >= 11 is 0. The van der Waals surface area contributed by atoms with Crippen LogP contribution in [0, 0.1) is 0 Å². The Morgan fingerprint density at radius 3 is 2.56 bits per heavy atom. The molecular formula is C28H34N4O2. The number of fused-ring (bicyclic) bond motifs is 2. The summed E-state index contributed by atoms with van der Waals surface area (Å²) in [6.45, 7) is 4.00. The number of aromatic amines is 1. The zero-order valence-electron chi connectivity index (χ0n) is 19.9. The fraction of sp³-hybridized carbons (Fsp3) is 0.429. The van der Waals surface area contributed by atoms with Crippen molar-refractivity contribution in [2.75, 3.05) is 33.2 Å². The number of hydrogen-bond acceptors (Lipinski definition) is 3. The summed E-state index contributed by atoms with van der Waals surface area (Å²) in [5, 5.41) is 4.26. The molecule has 6 nitrogen and oxygen atoms in total. The van der Waals surface area contributed by atoms with E-state index in [-0.39, 0.29) is 17.9 Å². The molecule has 2 aliphatic heterocycles. The number of para-hydroxylation sites is 1. The second kappa shape index (κ2) is 10.0. The third kappa shape index (κ3) is 4.34. The molecular weight excluding hydrogens is 424 g/mol. The molecule has 2 atom stereocenters. The van der Waals surface area contributed by atoms with E-state index in [2.05, 4.69) is 21.3 Å². The Labute approximate surface area is 201 Å². The minimum absolute atomic E-state index is 0.0158. The highest BCUT2D eigenvalue weighted by atomic mass is 16.2. The van der Waals surface area contributed by atoms with Gasteiger partial charge in [-0.15, -0.1) is 0 Å². The zero-order chi connectivity index (χ0) is 23.5. The van der Waals surface area contributed by atoms with Crippen LogP contribution in [0.5, 0.6) is 0 Å². The van der Waals surface area contributed by atoms with E-state index in [4.69, 9.17) is 0 Å². The van der Waals surface area contributed by atoms with Crippen LogP contribution >= 0.6 is 0 Å². The molecule has 0 aliphatic carbocycles. The molecule has 5 rings (SSSR count). The minimum Gasteiger partial charge on any atom is -0.361 e. The Morgan fingerprint density at radius 2 is 1.74 bits per heavy atom. The summed E-state index contributed by atoms with van der Waals surface area (Å²) in [5.74, 6) is -0.523. The lowest BCUT2D eigenvalue weighted by molar-refractivity contribution is -0.124. The Balaban J connectivity index is 1.39. The molecule has 0 spiro atoms. The molecule has 3 aromatic rings. The maximum absolute atomic E-state index is 13.7. The normalized spacial score (nSPS) is 21.3. The number of hydrogen-bond donors (Lipinski definition) is 2. The molecule has 34 heavy (non-hydrogen) atoms. The molecule has 178 valence electrons. The van der Waals surface area contributed by atoms with Gasteiger partial charge < -0.3 is 20.1 Å².